The molecule has 0 spiro atoms. The normalized spacial score (nSPS) is 12.6. The SMILES string of the molecule is COc1ccccc1CCNC(=O)CSc1nc(=O)n(CCCO)c2c1CCC2. The van der Waals surface area contributed by atoms with E-state index in [2.05, 4.69) is 10.3 Å². The van der Waals surface area contributed by atoms with Gasteiger partial charge in [-0.15, -0.1) is 0 Å². The van der Waals surface area contributed by atoms with Gasteiger partial charge in [0.2, 0.25) is 5.91 Å². The second-order valence-corrected chi connectivity index (χ2v) is 7.87. The summed E-state index contributed by atoms with van der Waals surface area (Å²) in [6, 6.07) is 7.76. The van der Waals surface area contributed by atoms with Crippen molar-refractivity contribution in [2.24, 2.45) is 0 Å². The van der Waals surface area contributed by atoms with Crippen LogP contribution in [0.1, 0.15) is 29.7 Å². The Morgan fingerprint density at radius 1 is 1.34 bits per heavy atom. The minimum absolute atomic E-state index is 0.0484. The molecule has 1 heterocycles. The molecule has 2 aromatic rings. The van der Waals surface area contributed by atoms with Crippen molar-refractivity contribution in [2.75, 3.05) is 26.0 Å². The van der Waals surface area contributed by atoms with Crippen LogP contribution in [0.3, 0.4) is 0 Å². The summed E-state index contributed by atoms with van der Waals surface area (Å²) in [7, 11) is 1.64. The van der Waals surface area contributed by atoms with Gasteiger partial charge in [-0.3, -0.25) is 9.36 Å². The summed E-state index contributed by atoms with van der Waals surface area (Å²) < 4.78 is 7.00. The number of hydrogen-bond acceptors (Lipinski definition) is 6. The van der Waals surface area contributed by atoms with Gasteiger partial charge in [0.15, 0.2) is 0 Å². The van der Waals surface area contributed by atoms with Gasteiger partial charge in [-0.05, 0) is 43.7 Å². The number of benzene rings is 1. The van der Waals surface area contributed by atoms with E-state index in [0.717, 1.165) is 41.8 Å². The Labute approximate surface area is 174 Å². The molecule has 1 aromatic carbocycles. The third kappa shape index (κ3) is 5.39. The van der Waals surface area contributed by atoms with Crippen LogP contribution in [0.5, 0.6) is 5.75 Å². The number of thioether (sulfide) groups is 1. The van der Waals surface area contributed by atoms with Crippen LogP contribution in [0.4, 0.5) is 0 Å². The van der Waals surface area contributed by atoms with Crippen molar-refractivity contribution < 1.29 is 14.6 Å². The third-order valence-electron chi connectivity index (χ3n) is 4.99. The molecule has 3 rings (SSSR count). The number of para-hydroxylation sites is 1. The van der Waals surface area contributed by atoms with Crippen molar-refractivity contribution in [3.63, 3.8) is 0 Å². The first-order valence-corrected chi connectivity index (χ1v) is 10.9. The molecule has 2 N–H and O–H groups in total. The van der Waals surface area contributed by atoms with Crippen LogP contribution < -0.4 is 15.7 Å². The van der Waals surface area contributed by atoms with E-state index in [-0.39, 0.29) is 24.0 Å². The average Bonchev–Trinajstić information content (AvgIpc) is 3.22. The van der Waals surface area contributed by atoms with Crippen molar-refractivity contribution in [2.45, 2.75) is 43.7 Å². The topological polar surface area (TPSA) is 93.5 Å². The van der Waals surface area contributed by atoms with Crippen LogP contribution in [-0.4, -0.2) is 46.6 Å². The second-order valence-electron chi connectivity index (χ2n) is 6.91. The van der Waals surface area contributed by atoms with Crippen LogP contribution in [0, 0.1) is 0 Å². The molecular weight excluding hydrogens is 390 g/mol. The third-order valence-corrected chi connectivity index (χ3v) is 6.01. The number of ether oxygens (including phenoxy) is 1. The van der Waals surface area contributed by atoms with E-state index in [1.165, 1.54) is 11.8 Å². The largest absolute Gasteiger partial charge is 0.496 e. The summed E-state index contributed by atoms with van der Waals surface area (Å²) in [6.45, 7) is 1.06. The van der Waals surface area contributed by atoms with E-state index in [9.17, 15) is 9.59 Å². The maximum Gasteiger partial charge on any atom is 0.348 e. The summed E-state index contributed by atoms with van der Waals surface area (Å²) in [5, 5.41) is 12.6. The predicted molar refractivity (Wildman–Crippen MR) is 113 cm³/mol. The molecule has 0 fully saturated rings. The van der Waals surface area contributed by atoms with E-state index < -0.39 is 0 Å². The quantitative estimate of drug-likeness (QED) is 0.450. The maximum atomic E-state index is 12.4. The lowest BCUT2D eigenvalue weighted by molar-refractivity contribution is -0.118. The number of nitrogens with zero attached hydrogens (tertiary/aromatic N) is 2. The molecule has 1 amide bonds. The van der Waals surface area contributed by atoms with E-state index in [1.54, 1.807) is 11.7 Å². The number of rotatable bonds is 10. The van der Waals surface area contributed by atoms with Crippen molar-refractivity contribution in [3.05, 3.63) is 51.6 Å². The maximum absolute atomic E-state index is 12.4. The number of fused-ring (bicyclic) bond motifs is 1. The minimum Gasteiger partial charge on any atom is -0.496 e. The van der Waals surface area contributed by atoms with Crippen LogP contribution in [0.15, 0.2) is 34.1 Å². The number of aromatic nitrogens is 2. The highest BCUT2D eigenvalue weighted by atomic mass is 32.2. The highest BCUT2D eigenvalue weighted by Crippen LogP contribution is 2.29. The van der Waals surface area contributed by atoms with Gasteiger partial charge in [-0.25, -0.2) is 4.79 Å². The highest BCUT2D eigenvalue weighted by molar-refractivity contribution is 7.99. The fourth-order valence-corrected chi connectivity index (χ4v) is 4.50. The number of aliphatic hydroxyl groups is 1. The summed E-state index contributed by atoms with van der Waals surface area (Å²) >= 11 is 1.32. The lowest BCUT2D eigenvalue weighted by Crippen LogP contribution is -2.29. The van der Waals surface area contributed by atoms with E-state index in [0.29, 0.717) is 31.0 Å². The zero-order chi connectivity index (χ0) is 20.6. The molecule has 0 atom stereocenters. The molecule has 7 nitrogen and oxygen atoms in total. The van der Waals surface area contributed by atoms with Gasteiger partial charge in [-0.2, -0.15) is 4.98 Å². The molecule has 1 aliphatic rings. The average molecular weight is 418 g/mol. The molecule has 0 unspecified atom stereocenters. The van der Waals surface area contributed by atoms with Crippen molar-refractivity contribution in [1.29, 1.82) is 0 Å². The molecule has 0 saturated heterocycles. The molecule has 0 bridgehead atoms. The Kier molecular flexibility index (Phi) is 7.71. The first kappa shape index (κ1) is 21.4. The van der Waals surface area contributed by atoms with Gasteiger partial charge in [-0.1, -0.05) is 30.0 Å². The van der Waals surface area contributed by atoms with Crippen LogP contribution >= 0.6 is 11.8 Å². The number of methoxy groups -OCH3 is 1. The summed E-state index contributed by atoms with van der Waals surface area (Å²) in [5.74, 6) is 0.964. The first-order chi connectivity index (χ1) is 14.1. The van der Waals surface area contributed by atoms with Crippen molar-refractivity contribution in [1.82, 2.24) is 14.9 Å². The van der Waals surface area contributed by atoms with E-state index in [1.807, 2.05) is 24.3 Å². The number of amides is 1. The first-order valence-electron chi connectivity index (χ1n) is 9.89. The van der Waals surface area contributed by atoms with Crippen LogP contribution in [-0.2, 0) is 30.6 Å². The fraction of sp³-hybridized carbons (Fsp3) is 0.476. The van der Waals surface area contributed by atoms with Crippen LogP contribution in [0.2, 0.25) is 0 Å². The second kappa shape index (κ2) is 10.5. The Hall–Kier alpha value is -2.32. The predicted octanol–water partition coefficient (Wildman–Crippen LogP) is 1.57. The Bertz CT molecular complexity index is 913. The van der Waals surface area contributed by atoms with Crippen LogP contribution in [0.25, 0.3) is 0 Å². The van der Waals surface area contributed by atoms with Gasteiger partial charge in [0.05, 0.1) is 12.9 Å². The number of carbonyl (C=O) groups excluding carboxylic acids is 1. The number of carbonyl (C=O) groups is 1. The lowest BCUT2D eigenvalue weighted by Gasteiger charge is -2.13. The van der Waals surface area contributed by atoms with Gasteiger partial charge >= 0.3 is 5.69 Å². The molecule has 0 radical (unpaired) electrons. The molecular formula is C21H27N3O4S. The molecule has 0 aliphatic heterocycles. The lowest BCUT2D eigenvalue weighted by atomic mass is 10.1. The van der Waals surface area contributed by atoms with Crippen molar-refractivity contribution >= 4 is 17.7 Å². The Morgan fingerprint density at radius 3 is 2.97 bits per heavy atom. The van der Waals surface area contributed by atoms with Gasteiger partial charge in [0, 0.05) is 31.0 Å². The smallest absolute Gasteiger partial charge is 0.348 e. The van der Waals surface area contributed by atoms with Crippen molar-refractivity contribution in [3.8, 4) is 5.75 Å². The fourth-order valence-electron chi connectivity index (χ4n) is 3.60. The molecule has 1 aliphatic carbocycles. The number of aliphatic hydroxyl groups excluding tert-OH is 1. The Balaban J connectivity index is 1.56. The molecule has 8 heteroatoms. The van der Waals surface area contributed by atoms with E-state index >= 15 is 0 Å². The summed E-state index contributed by atoms with van der Waals surface area (Å²) in [6.07, 6.45) is 3.93. The zero-order valence-corrected chi connectivity index (χ0v) is 17.5. The molecule has 1 aromatic heterocycles. The zero-order valence-electron chi connectivity index (χ0n) is 16.6. The number of nitrogens with one attached hydrogen (secondary N) is 1. The molecule has 156 valence electrons. The monoisotopic (exact) mass is 417 g/mol. The molecule has 0 saturated carbocycles. The number of hydrogen-bond donors (Lipinski definition) is 2. The van der Waals surface area contributed by atoms with Gasteiger partial charge < -0.3 is 15.2 Å². The van der Waals surface area contributed by atoms with E-state index in [4.69, 9.17) is 9.84 Å². The standard InChI is InChI=1S/C21H27N3O4S/c1-28-18-9-3-2-6-15(18)10-11-22-19(26)14-29-20-16-7-4-8-17(16)24(12-5-13-25)21(27)23-20/h2-3,6,9,25H,4-5,7-8,10-14H2,1H3,(H,22,26). The summed E-state index contributed by atoms with van der Waals surface area (Å²) in [4.78, 5) is 28.8. The highest BCUT2D eigenvalue weighted by Gasteiger charge is 2.22. The summed E-state index contributed by atoms with van der Waals surface area (Å²) in [5.41, 5.74) is 2.85. The van der Waals surface area contributed by atoms with Gasteiger partial charge in [0.25, 0.3) is 0 Å². The Morgan fingerprint density at radius 2 is 2.17 bits per heavy atom. The minimum atomic E-state index is -0.293. The van der Waals surface area contributed by atoms with Gasteiger partial charge in [0.1, 0.15) is 10.8 Å². The molecule has 29 heavy (non-hydrogen) atoms.